The van der Waals surface area contributed by atoms with Crippen LogP contribution in [0.25, 0.3) is 0 Å². The maximum Gasteiger partial charge on any atom is 0.269 e. The largest absolute Gasteiger partial charge is 0.269 e. The highest BCUT2D eigenvalue weighted by atomic mass is 79.9. The first-order chi connectivity index (χ1) is 9.06. The van der Waals surface area contributed by atoms with Crippen LogP contribution in [-0.2, 0) is 16.6 Å². The van der Waals surface area contributed by atoms with E-state index in [2.05, 4.69) is 15.9 Å². The number of nitro benzene ring substituents is 1. The zero-order valence-corrected chi connectivity index (χ0v) is 12.2. The lowest BCUT2D eigenvalue weighted by molar-refractivity contribution is -0.384. The van der Waals surface area contributed by atoms with Gasteiger partial charge in [-0.15, -0.1) is 0 Å². The Morgan fingerprint density at radius 2 is 1.63 bits per heavy atom. The van der Waals surface area contributed by atoms with E-state index < -0.39 is 15.7 Å². The highest BCUT2D eigenvalue weighted by Crippen LogP contribution is 2.18. The number of nitro groups is 1. The van der Waals surface area contributed by atoms with Crippen molar-refractivity contribution < 1.29 is 9.13 Å². The van der Waals surface area contributed by atoms with E-state index in [1.807, 2.05) is 12.1 Å². The number of non-ortho nitro benzene ring substituents is 1. The first-order valence-corrected chi connectivity index (χ1v) is 7.55. The minimum absolute atomic E-state index is 0.0400. The summed E-state index contributed by atoms with van der Waals surface area (Å²) in [6, 6.07) is 13.4. The molecular formula is C13H10BrNO3S. The first-order valence-electron chi connectivity index (χ1n) is 5.43. The number of halogens is 1. The summed E-state index contributed by atoms with van der Waals surface area (Å²) < 4.78 is 13.0. The molecule has 1 atom stereocenters. The summed E-state index contributed by atoms with van der Waals surface area (Å²) in [5, 5.41) is 10.5. The van der Waals surface area contributed by atoms with Crippen molar-refractivity contribution in [3.63, 3.8) is 0 Å². The van der Waals surface area contributed by atoms with E-state index in [1.54, 1.807) is 24.3 Å². The van der Waals surface area contributed by atoms with E-state index >= 15 is 0 Å². The van der Waals surface area contributed by atoms with Crippen molar-refractivity contribution in [2.24, 2.45) is 0 Å². The van der Waals surface area contributed by atoms with E-state index in [4.69, 9.17) is 0 Å². The molecule has 0 aliphatic rings. The van der Waals surface area contributed by atoms with E-state index in [-0.39, 0.29) is 5.69 Å². The van der Waals surface area contributed by atoms with E-state index in [0.717, 1.165) is 14.9 Å². The fourth-order valence-corrected chi connectivity index (χ4v) is 2.90. The Morgan fingerprint density at radius 1 is 1.05 bits per heavy atom. The van der Waals surface area contributed by atoms with Crippen LogP contribution in [0.4, 0.5) is 5.69 Å². The van der Waals surface area contributed by atoms with Crippen molar-refractivity contribution in [1.82, 2.24) is 0 Å². The number of rotatable bonds is 4. The van der Waals surface area contributed by atoms with Gasteiger partial charge in [-0.25, -0.2) is 0 Å². The third-order valence-electron chi connectivity index (χ3n) is 2.52. The van der Waals surface area contributed by atoms with Crippen molar-refractivity contribution in [2.75, 3.05) is 0 Å². The standard InChI is InChI=1S/C13H10BrNO3S/c14-11-3-7-13(8-4-11)19(18)9-10-1-5-12(6-2-10)15(16)17/h1-8H,9H2. The molecular weight excluding hydrogens is 330 g/mol. The van der Waals surface area contributed by atoms with Gasteiger partial charge < -0.3 is 0 Å². The molecule has 0 aromatic heterocycles. The maximum absolute atomic E-state index is 12.1. The Balaban J connectivity index is 2.10. The molecule has 4 nitrogen and oxygen atoms in total. The van der Waals surface area contributed by atoms with Crippen molar-refractivity contribution in [3.05, 3.63) is 68.7 Å². The predicted octanol–water partition coefficient (Wildman–Crippen LogP) is 3.67. The average molecular weight is 340 g/mol. The van der Waals surface area contributed by atoms with Gasteiger partial charge in [-0.1, -0.05) is 28.1 Å². The molecule has 0 aliphatic heterocycles. The van der Waals surface area contributed by atoms with Crippen LogP contribution in [0.3, 0.4) is 0 Å². The molecule has 0 N–H and O–H groups in total. The Labute approximate surface area is 121 Å². The summed E-state index contributed by atoms with van der Waals surface area (Å²) in [6.07, 6.45) is 0. The molecule has 98 valence electrons. The Morgan fingerprint density at radius 3 is 2.16 bits per heavy atom. The molecule has 0 aliphatic carbocycles. The van der Waals surface area contributed by atoms with Crippen LogP contribution in [-0.4, -0.2) is 9.13 Å². The second kappa shape index (κ2) is 6.08. The zero-order chi connectivity index (χ0) is 13.8. The summed E-state index contributed by atoms with van der Waals surface area (Å²) in [4.78, 5) is 10.8. The van der Waals surface area contributed by atoms with Crippen LogP contribution < -0.4 is 0 Å². The minimum Gasteiger partial charge on any atom is -0.258 e. The summed E-state index contributed by atoms with van der Waals surface area (Å²) in [7, 11) is -1.15. The smallest absolute Gasteiger partial charge is 0.258 e. The van der Waals surface area contributed by atoms with Gasteiger partial charge in [0.25, 0.3) is 5.69 Å². The second-order valence-electron chi connectivity index (χ2n) is 3.87. The summed E-state index contributed by atoms with van der Waals surface area (Å²) in [5.74, 6) is 0.347. The molecule has 0 radical (unpaired) electrons. The molecule has 2 aromatic carbocycles. The van der Waals surface area contributed by atoms with Gasteiger partial charge in [0.05, 0.1) is 21.5 Å². The van der Waals surface area contributed by atoms with Crippen molar-refractivity contribution >= 4 is 32.4 Å². The van der Waals surface area contributed by atoms with Gasteiger partial charge >= 0.3 is 0 Å². The fourth-order valence-electron chi connectivity index (χ4n) is 1.53. The van der Waals surface area contributed by atoms with Crippen LogP contribution in [0.1, 0.15) is 5.56 Å². The number of hydrogen-bond donors (Lipinski definition) is 0. The Hall–Kier alpha value is -1.53. The van der Waals surface area contributed by atoms with Crippen molar-refractivity contribution in [1.29, 1.82) is 0 Å². The normalized spacial score (nSPS) is 12.1. The molecule has 0 bridgehead atoms. The highest BCUT2D eigenvalue weighted by Gasteiger charge is 2.08. The third kappa shape index (κ3) is 3.71. The second-order valence-corrected chi connectivity index (χ2v) is 6.23. The maximum atomic E-state index is 12.1. The van der Waals surface area contributed by atoms with Gasteiger partial charge in [0.1, 0.15) is 0 Å². The monoisotopic (exact) mass is 339 g/mol. The van der Waals surface area contributed by atoms with E-state index in [9.17, 15) is 14.3 Å². The number of hydrogen-bond acceptors (Lipinski definition) is 3. The molecule has 0 heterocycles. The highest BCUT2D eigenvalue weighted by molar-refractivity contribution is 9.10. The van der Waals surface area contributed by atoms with Gasteiger partial charge in [-0.2, -0.15) is 0 Å². The minimum atomic E-state index is -1.15. The van der Waals surface area contributed by atoms with Crippen LogP contribution in [0.5, 0.6) is 0 Å². The summed E-state index contributed by atoms with van der Waals surface area (Å²) >= 11 is 3.32. The summed E-state index contributed by atoms with van der Waals surface area (Å²) in [6.45, 7) is 0. The molecule has 0 amide bonds. The molecule has 2 aromatic rings. The number of nitrogens with zero attached hydrogens (tertiary/aromatic N) is 1. The van der Waals surface area contributed by atoms with E-state index in [1.165, 1.54) is 12.1 Å². The van der Waals surface area contributed by atoms with Gasteiger partial charge in [0, 0.05) is 21.5 Å². The zero-order valence-electron chi connectivity index (χ0n) is 9.78. The topological polar surface area (TPSA) is 60.2 Å². The van der Waals surface area contributed by atoms with Crippen LogP contribution in [0.15, 0.2) is 57.9 Å². The molecule has 0 saturated carbocycles. The van der Waals surface area contributed by atoms with Gasteiger partial charge in [0.15, 0.2) is 0 Å². The Kier molecular flexibility index (Phi) is 4.44. The van der Waals surface area contributed by atoms with Gasteiger partial charge in [0.2, 0.25) is 0 Å². The lowest BCUT2D eigenvalue weighted by atomic mass is 10.2. The third-order valence-corrected chi connectivity index (χ3v) is 4.44. The van der Waals surface area contributed by atoms with Gasteiger partial charge in [-0.3, -0.25) is 14.3 Å². The van der Waals surface area contributed by atoms with Gasteiger partial charge in [-0.05, 0) is 29.8 Å². The SMILES string of the molecule is O=[N+]([O-])c1ccc(CS(=O)c2ccc(Br)cc2)cc1. The first kappa shape index (κ1) is 13.9. The van der Waals surface area contributed by atoms with Crippen LogP contribution in [0, 0.1) is 10.1 Å². The molecule has 0 saturated heterocycles. The molecule has 1 unspecified atom stereocenters. The Bertz CT molecular complexity index is 611. The predicted molar refractivity (Wildman–Crippen MR) is 77.4 cm³/mol. The van der Waals surface area contributed by atoms with E-state index in [0.29, 0.717) is 5.75 Å². The molecule has 0 fully saturated rings. The fraction of sp³-hybridized carbons (Fsp3) is 0.0769. The summed E-state index contributed by atoms with van der Waals surface area (Å²) in [5.41, 5.74) is 0.852. The molecule has 2 rings (SSSR count). The molecule has 19 heavy (non-hydrogen) atoms. The molecule has 6 heteroatoms. The lowest BCUT2D eigenvalue weighted by Crippen LogP contribution is -1.96. The quantitative estimate of drug-likeness (QED) is 0.630. The molecule has 0 spiro atoms. The van der Waals surface area contributed by atoms with Crippen LogP contribution in [0.2, 0.25) is 0 Å². The average Bonchev–Trinajstić information content (AvgIpc) is 2.40. The van der Waals surface area contributed by atoms with Crippen molar-refractivity contribution in [2.45, 2.75) is 10.6 Å². The van der Waals surface area contributed by atoms with Crippen LogP contribution >= 0.6 is 15.9 Å². The van der Waals surface area contributed by atoms with Crippen molar-refractivity contribution in [3.8, 4) is 0 Å². The lowest BCUT2D eigenvalue weighted by Gasteiger charge is -2.03. The number of benzene rings is 2.